The van der Waals surface area contributed by atoms with Gasteiger partial charge in [-0.25, -0.2) is 0 Å². The summed E-state index contributed by atoms with van der Waals surface area (Å²) in [5, 5.41) is 10.5. The minimum absolute atomic E-state index is 0.145. The van der Waals surface area contributed by atoms with Crippen LogP contribution in [0.2, 0.25) is 0 Å². The third kappa shape index (κ3) is 1.75. The van der Waals surface area contributed by atoms with Crippen molar-refractivity contribution in [1.29, 1.82) is 0 Å². The van der Waals surface area contributed by atoms with Crippen molar-refractivity contribution < 1.29 is 14.6 Å². The molecular weight excluding hydrogens is 156 g/mol. The average molecular weight is 165 g/mol. The van der Waals surface area contributed by atoms with Crippen LogP contribution in [0.4, 0.5) is 0 Å². The molecule has 0 aliphatic heterocycles. The Balaban J connectivity index is 3.15. The molecule has 0 aliphatic carbocycles. The largest absolute Gasteiger partial charge is 0.545 e. The summed E-state index contributed by atoms with van der Waals surface area (Å²) in [6, 6.07) is 4.73. The Hall–Kier alpha value is -1.51. The van der Waals surface area contributed by atoms with Crippen molar-refractivity contribution in [1.82, 2.24) is 0 Å². The van der Waals surface area contributed by atoms with Crippen LogP contribution in [0, 0.1) is 6.92 Å². The molecule has 0 radical (unpaired) electrons. The maximum atomic E-state index is 10.5. The molecule has 0 fully saturated rings. The molecule has 0 saturated carbocycles. The first kappa shape index (κ1) is 8.59. The van der Waals surface area contributed by atoms with Crippen LogP contribution < -0.4 is 9.84 Å². The number of ether oxygens (including phenoxy) is 1. The number of carboxylic acids is 1. The van der Waals surface area contributed by atoms with Crippen LogP contribution in [0.15, 0.2) is 18.2 Å². The quantitative estimate of drug-likeness (QED) is 0.636. The molecule has 0 atom stereocenters. The minimum atomic E-state index is -1.18. The number of aryl methyl sites for hydroxylation is 1. The number of methoxy groups -OCH3 is 1. The fraction of sp³-hybridized carbons (Fsp3) is 0.222. The maximum absolute atomic E-state index is 10.5. The molecule has 0 aliphatic rings. The Morgan fingerprint density at radius 2 is 2.08 bits per heavy atom. The molecule has 0 saturated heterocycles. The van der Waals surface area contributed by atoms with Gasteiger partial charge in [0.05, 0.1) is 13.1 Å². The van der Waals surface area contributed by atoms with E-state index in [0.717, 1.165) is 5.56 Å². The molecule has 0 aromatic heterocycles. The molecule has 0 N–H and O–H groups in total. The van der Waals surface area contributed by atoms with Crippen LogP contribution in [-0.4, -0.2) is 13.1 Å². The molecule has 0 spiro atoms. The zero-order chi connectivity index (χ0) is 9.14. The smallest absolute Gasteiger partial charge is 0.119 e. The molecule has 0 unspecified atom stereocenters. The number of aromatic carboxylic acids is 1. The summed E-state index contributed by atoms with van der Waals surface area (Å²) in [7, 11) is 1.49. The zero-order valence-electron chi connectivity index (χ0n) is 6.96. The number of carbonyl (C=O) groups excluding carboxylic acids is 1. The standard InChI is InChI=1S/C9H10O3/c1-6-3-7(9(10)11)5-8(4-6)12-2/h3-5H,1-2H3,(H,10,11)/p-1. The van der Waals surface area contributed by atoms with Gasteiger partial charge in [0.15, 0.2) is 0 Å². The second-order valence-corrected chi connectivity index (χ2v) is 2.53. The second kappa shape index (κ2) is 3.26. The van der Waals surface area contributed by atoms with Gasteiger partial charge in [0.25, 0.3) is 0 Å². The second-order valence-electron chi connectivity index (χ2n) is 2.53. The lowest BCUT2D eigenvalue weighted by Gasteiger charge is -2.06. The molecule has 3 heteroatoms. The lowest BCUT2D eigenvalue weighted by atomic mass is 10.1. The predicted octanol–water partition coefficient (Wildman–Crippen LogP) is 0.367. The van der Waals surface area contributed by atoms with Crippen LogP contribution >= 0.6 is 0 Å². The van der Waals surface area contributed by atoms with E-state index in [2.05, 4.69) is 0 Å². The SMILES string of the molecule is COc1cc(C)cc(C(=O)[O-])c1. The van der Waals surface area contributed by atoms with Gasteiger partial charge in [0.2, 0.25) is 0 Å². The van der Waals surface area contributed by atoms with Crippen molar-refractivity contribution in [2.75, 3.05) is 7.11 Å². The predicted molar refractivity (Wildman–Crippen MR) is 42.1 cm³/mol. The van der Waals surface area contributed by atoms with Gasteiger partial charge in [-0.2, -0.15) is 0 Å². The number of rotatable bonds is 2. The normalized spacial score (nSPS) is 9.50. The lowest BCUT2D eigenvalue weighted by Crippen LogP contribution is -2.22. The fourth-order valence-corrected chi connectivity index (χ4v) is 0.984. The minimum Gasteiger partial charge on any atom is -0.545 e. The van der Waals surface area contributed by atoms with Gasteiger partial charge in [0.1, 0.15) is 5.75 Å². The first-order valence-corrected chi connectivity index (χ1v) is 3.50. The first-order chi connectivity index (χ1) is 5.63. The number of hydrogen-bond acceptors (Lipinski definition) is 3. The summed E-state index contributed by atoms with van der Waals surface area (Å²) < 4.78 is 4.89. The van der Waals surface area contributed by atoms with E-state index in [1.165, 1.54) is 19.2 Å². The van der Waals surface area contributed by atoms with Gasteiger partial charge in [-0.3, -0.25) is 0 Å². The highest BCUT2D eigenvalue weighted by Gasteiger charge is 1.98. The van der Waals surface area contributed by atoms with E-state index in [9.17, 15) is 9.90 Å². The Kier molecular flexibility index (Phi) is 2.33. The topological polar surface area (TPSA) is 49.4 Å². The van der Waals surface area contributed by atoms with Crippen molar-refractivity contribution >= 4 is 5.97 Å². The average Bonchev–Trinajstić information content (AvgIpc) is 2.03. The van der Waals surface area contributed by atoms with Crippen molar-refractivity contribution in [3.8, 4) is 5.75 Å². The Labute approximate surface area is 70.6 Å². The third-order valence-electron chi connectivity index (χ3n) is 1.52. The van der Waals surface area contributed by atoms with Crippen LogP contribution in [0.5, 0.6) is 5.75 Å². The summed E-state index contributed by atoms with van der Waals surface area (Å²) >= 11 is 0. The number of benzene rings is 1. The molecule has 12 heavy (non-hydrogen) atoms. The molecule has 0 heterocycles. The highest BCUT2D eigenvalue weighted by atomic mass is 16.5. The van der Waals surface area contributed by atoms with E-state index in [0.29, 0.717) is 5.75 Å². The van der Waals surface area contributed by atoms with Crippen LogP contribution in [0.1, 0.15) is 15.9 Å². The molecule has 0 bridgehead atoms. The third-order valence-corrected chi connectivity index (χ3v) is 1.52. The van der Waals surface area contributed by atoms with Gasteiger partial charge in [-0.1, -0.05) is 0 Å². The molecular formula is C9H9O3-. The first-order valence-electron chi connectivity index (χ1n) is 3.50. The van der Waals surface area contributed by atoms with Crippen molar-refractivity contribution in [2.24, 2.45) is 0 Å². The summed E-state index contributed by atoms with van der Waals surface area (Å²) in [6.45, 7) is 1.80. The summed E-state index contributed by atoms with van der Waals surface area (Å²) in [5.74, 6) is -0.647. The van der Waals surface area contributed by atoms with Crippen molar-refractivity contribution in [3.63, 3.8) is 0 Å². The molecule has 64 valence electrons. The molecule has 3 nitrogen and oxygen atoms in total. The van der Waals surface area contributed by atoms with Gasteiger partial charge in [0, 0.05) is 5.56 Å². The lowest BCUT2D eigenvalue weighted by molar-refractivity contribution is -0.255. The zero-order valence-corrected chi connectivity index (χ0v) is 6.96. The van der Waals surface area contributed by atoms with Gasteiger partial charge in [-0.15, -0.1) is 0 Å². The van der Waals surface area contributed by atoms with E-state index in [1.807, 2.05) is 0 Å². The Morgan fingerprint density at radius 1 is 1.42 bits per heavy atom. The highest BCUT2D eigenvalue weighted by molar-refractivity contribution is 5.86. The molecule has 1 aromatic carbocycles. The maximum Gasteiger partial charge on any atom is 0.119 e. The van der Waals surface area contributed by atoms with E-state index >= 15 is 0 Å². The Bertz CT molecular complexity index is 305. The monoisotopic (exact) mass is 165 g/mol. The summed E-state index contributed by atoms with van der Waals surface area (Å²) in [6.07, 6.45) is 0. The van der Waals surface area contributed by atoms with E-state index < -0.39 is 5.97 Å². The highest BCUT2D eigenvalue weighted by Crippen LogP contribution is 2.15. The van der Waals surface area contributed by atoms with E-state index in [-0.39, 0.29) is 5.56 Å². The Morgan fingerprint density at radius 3 is 2.58 bits per heavy atom. The summed E-state index contributed by atoms with van der Waals surface area (Å²) in [5.41, 5.74) is 0.986. The number of carboxylic acid groups (broad SMARTS) is 1. The van der Waals surface area contributed by atoms with E-state index in [4.69, 9.17) is 4.74 Å². The van der Waals surface area contributed by atoms with Crippen LogP contribution in [0.3, 0.4) is 0 Å². The number of hydrogen-bond donors (Lipinski definition) is 0. The molecule has 1 aromatic rings. The van der Waals surface area contributed by atoms with Crippen molar-refractivity contribution in [3.05, 3.63) is 29.3 Å². The summed E-state index contributed by atoms with van der Waals surface area (Å²) in [4.78, 5) is 10.5. The van der Waals surface area contributed by atoms with Crippen molar-refractivity contribution in [2.45, 2.75) is 6.92 Å². The van der Waals surface area contributed by atoms with Gasteiger partial charge in [-0.05, 0) is 30.7 Å². The number of carbonyl (C=O) groups is 1. The van der Waals surface area contributed by atoms with Crippen LogP contribution in [-0.2, 0) is 0 Å². The fourth-order valence-electron chi connectivity index (χ4n) is 0.984. The molecule has 0 amide bonds. The van der Waals surface area contributed by atoms with Gasteiger partial charge >= 0.3 is 0 Å². The van der Waals surface area contributed by atoms with Crippen LogP contribution in [0.25, 0.3) is 0 Å². The van der Waals surface area contributed by atoms with E-state index in [1.54, 1.807) is 13.0 Å². The molecule has 1 rings (SSSR count). The van der Waals surface area contributed by atoms with Gasteiger partial charge < -0.3 is 14.6 Å².